The molecular formula is C29H31Cl3N4O3. The molecular weight excluding hydrogens is 559 g/mol. The van der Waals surface area contributed by atoms with Crippen molar-refractivity contribution in [2.75, 3.05) is 26.2 Å². The average Bonchev–Trinajstić information content (AvgIpc) is 3.33. The number of imide groups is 1. The van der Waals surface area contributed by atoms with Gasteiger partial charge in [-0.2, -0.15) is 0 Å². The number of carbonyl (C=O) groups is 2. The third kappa shape index (κ3) is 5.62. The summed E-state index contributed by atoms with van der Waals surface area (Å²) in [5.74, 6) is -0.844. The Balaban J connectivity index is 1.55. The highest BCUT2D eigenvalue weighted by molar-refractivity contribution is 6.36. The van der Waals surface area contributed by atoms with Gasteiger partial charge in [-0.25, -0.2) is 0 Å². The molecule has 3 N–H and O–H groups in total. The number of aliphatic hydroxyl groups excluding tert-OH is 1. The number of aliphatic hydroxyl groups is 1. The lowest BCUT2D eigenvalue weighted by molar-refractivity contribution is -0.135. The van der Waals surface area contributed by atoms with Gasteiger partial charge in [0.05, 0.1) is 28.6 Å². The first-order chi connectivity index (χ1) is 18.8. The molecule has 206 valence electrons. The van der Waals surface area contributed by atoms with Crippen molar-refractivity contribution in [2.45, 2.75) is 44.2 Å². The molecule has 1 aromatic heterocycles. The highest BCUT2D eigenvalue weighted by Gasteiger charge is 2.45. The first kappa shape index (κ1) is 28.1. The van der Waals surface area contributed by atoms with E-state index in [-0.39, 0.29) is 11.5 Å². The number of benzene rings is 2. The number of likely N-dealkylation sites (tertiary alicyclic amines) is 1. The van der Waals surface area contributed by atoms with Gasteiger partial charge in [0.1, 0.15) is 5.54 Å². The van der Waals surface area contributed by atoms with E-state index in [2.05, 4.69) is 15.5 Å². The second-order valence-electron chi connectivity index (χ2n) is 10.1. The summed E-state index contributed by atoms with van der Waals surface area (Å²) in [5.41, 5.74) is 1.68. The molecule has 2 aromatic carbocycles. The summed E-state index contributed by atoms with van der Waals surface area (Å²) in [6.07, 6.45) is 4.51. The molecule has 0 atom stereocenters. The Kier molecular flexibility index (Phi) is 8.66. The molecule has 0 saturated carbocycles. The molecule has 10 heteroatoms. The maximum Gasteiger partial charge on any atom is 0.259 e. The molecule has 0 aliphatic carbocycles. The average molecular weight is 590 g/mol. The van der Waals surface area contributed by atoms with E-state index in [0.29, 0.717) is 63.6 Å². The van der Waals surface area contributed by atoms with Crippen LogP contribution < -0.4 is 10.6 Å². The van der Waals surface area contributed by atoms with E-state index in [0.717, 1.165) is 32.4 Å². The topological polar surface area (TPSA) is 86.6 Å². The molecule has 2 amide bonds. The quantitative estimate of drug-likeness (QED) is 0.333. The summed E-state index contributed by atoms with van der Waals surface area (Å²) in [6, 6.07) is 13.8. The van der Waals surface area contributed by atoms with E-state index in [4.69, 9.17) is 34.8 Å². The number of amides is 2. The van der Waals surface area contributed by atoms with E-state index in [1.54, 1.807) is 53.1 Å². The Labute approximate surface area is 243 Å². The van der Waals surface area contributed by atoms with Crippen LogP contribution in [0, 0.1) is 0 Å². The summed E-state index contributed by atoms with van der Waals surface area (Å²) in [7, 11) is 0. The third-order valence-corrected chi connectivity index (χ3v) is 8.63. The zero-order valence-electron chi connectivity index (χ0n) is 21.5. The third-order valence-electron chi connectivity index (χ3n) is 7.83. The zero-order chi connectivity index (χ0) is 27.6. The fourth-order valence-electron chi connectivity index (χ4n) is 5.82. The van der Waals surface area contributed by atoms with E-state index >= 15 is 0 Å². The second kappa shape index (κ2) is 12.0. The van der Waals surface area contributed by atoms with Gasteiger partial charge in [0.15, 0.2) is 0 Å². The monoisotopic (exact) mass is 588 g/mol. The van der Waals surface area contributed by atoms with Crippen LogP contribution in [-0.2, 0) is 11.4 Å². The molecule has 2 aliphatic rings. The van der Waals surface area contributed by atoms with Crippen molar-refractivity contribution >= 4 is 46.6 Å². The van der Waals surface area contributed by atoms with Gasteiger partial charge < -0.3 is 15.0 Å². The predicted molar refractivity (Wildman–Crippen MR) is 155 cm³/mol. The van der Waals surface area contributed by atoms with Crippen LogP contribution in [0.5, 0.6) is 0 Å². The van der Waals surface area contributed by atoms with Crippen molar-refractivity contribution in [3.05, 3.63) is 74.9 Å². The van der Waals surface area contributed by atoms with Crippen LogP contribution >= 0.6 is 34.8 Å². The van der Waals surface area contributed by atoms with Crippen LogP contribution in [0.2, 0.25) is 15.1 Å². The first-order valence-electron chi connectivity index (χ1n) is 13.2. The first-order valence-corrected chi connectivity index (χ1v) is 14.4. The van der Waals surface area contributed by atoms with Crippen LogP contribution in [0.15, 0.2) is 48.5 Å². The predicted octanol–water partition coefficient (Wildman–Crippen LogP) is 5.46. The molecule has 0 radical (unpaired) electrons. The fourth-order valence-corrected chi connectivity index (χ4v) is 6.45. The Morgan fingerprint density at radius 2 is 1.59 bits per heavy atom. The Morgan fingerprint density at radius 3 is 2.23 bits per heavy atom. The molecule has 39 heavy (non-hydrogen) atoms. The smallest absolute Gasteiger partial charge is 0.259 e. The normalized spacial score (nSPS) is 17.6. The second-order valence-corrected chi connectivity index (χ2v) is 11.4. The van der Waals surface area contributed by atoms with Crippen molar-refractivity contribution < 1.29 is 14.7 Å². The molecule has 5 rings (SSSR count). The highest BCUT2D eigenvalue weighted by Crippen LogP contribution is 2.36. The SMILES string of the molecule is O=C(NC(=O)C1(N2CCCCC2)CCNCC1)c1cc(-c2ccc(Cl)cc2Cl)n(-c2ccc(Cl)cc2)c1CO. The van der Waals surface area contributed by atoms with E-state index in [1.165, 1.54) is 0 Å². The Bertz CT molecular complexity index is 1360. The van der Waals surface area contributed by atoms with Crippen LogP contribution in [0.1, 0.15) is 48.2 Å². The summed E-state index contributed by atoms with van der Waals surface area (Å²) in [5, 5.41) is 18.0. The highest BCUT2D eigenvalue weighted by atomic mass is 35.5. The van der Waals surface area contributed by atoms with Gasteiger partial charge in [-0.05, 0) is 100 Å². The maximum atomic E-state index is 13.8. The number of nitrogens with one attached hydrogen (secondary N) is 2. The number of carbonyl (C=O) groups excluding carboxylic acids is 2. The minimum Gasteiger partial charge on any atom is -0.390 e. The molecule has 0 bridgehead atoms. The van der Waals surface area contributed by atoms with Crippen molar-refractivity contribution in [3.63, 3.8) is 0 Å². The molecule has 3 aromatic rings. The number of nitrogens with zero attached hydrogens (tertiary/aromatic N) is 2. The van der Waals surface area contributed by atoms with E-state index < -0.39 is 18.1 Å². The van der Waals surface area contributed by atoms with Gasteiger partial charge in [-0.1, -0.05) is 41.2 Å². The van der Waals surface area contributed by atoms with Crippen molar-refractivity contribution in [2.24, 2.45) is 0 Å². The lowest BCUT2D eigenvalue weighted by Gasteiger charge is -2.46. The lowest BCUT2D eigenvalue weighted by Crippen LogP contribution is -2.64. The van der Waals surface area contributed by atoms with Gasteiger partial charge >= 0.3 is 0 Å². The Hall–Kier alpha value is -2.39. The van der Waals surface area contributed by atoms with Crippen molar-refractivity contribution in [1.82, 2.24) is 20.1 Å². The van der Waals surface area contributed by atoms with Gasteiger partial charge in [-0.3, -0.25) is 19.8 Å². The molecule has 0 spiro atoms. The van der Waals surface area contributed by atoms with Crippen LogP contribution in [0.25, 0.3) is 16.9 Å². The fraction of sp³-hybridized carbons (Fsp3) is 0.379. The number of halogens is 3. The van der Waals surface area contributed by atoms with Gasteiger partial charge in [0.2, 0.25) is 5.91 Å². The van der Waals surface area contributed by atoms with Gasteiger partial charge in [-0.15, -0.1) is 0 Å². The van der Waals surface area contributed by atoms with Gasteiger partial charge in [0.25, 0.3) is 5.91 Å². The molecule has 2 fully saturated rings. The summed E-state index contributed by atoms with van der Waals surface area (Å²) < 4.78 is 1.76. The van der Waals surface area contributed by atoms with Crippen molar-refractivity contribution in [3.8, 4) is 16.9 Å². The molecule has 3 heterocycles. The zero-order valence-corrected chi connectivity index (χ0v) is 23.7. The maximum absolute atomic E-state index is 13.8. The summed E-state index contributed by atoms with van der Waals surface area (Å²) >= 11 is 18.9. The summed E-state index contributed by atoms with van der Waals surface area (Å²) in [6.45, 7) is 2.68. The van der Waals surface area contributed by atoms with E-state index in [1.807, 2.05) is 0 Å². The largest absolute Gasteiger partial charge is 0.390 e. The number of piperidine rings is 2. The van der Waals surface area contributed by atoms with Crippen LogP contribution in [0.4, 0.5) is 0 Å². The van der Waals surface area contributed by atoms with Crippen molar-refractivity contribution in [1.29, 1.82) is 0 Å². The molecule has 2 saturated heterocycles. The van der Waals surface area contributed by atoms with Crippen LogP contribution in [0.3, 0.4) is 0 Å². The van der Waals surface area contributed by atoms with E-state index in [9.17, 15) is 14.7 Å². The standard InChI is InChI=1S/C29H31Cl3N4O3/c30-19-4-7-21(8-5-19)36-25(22-9-6-20(31)16-24(22)32)17-23(26(36)18-37)27(38)34-28(39)29(10-12-33-13-11-29)35-14-2-1-3-15-35/h4-9,16-17,33,37H,1-3,10-15,18H2,(H,34,38,39). The minimum absolute atomic E-state index is 0.199. The minimum atomic E-state index is -0.734. The Morgan fingerprint density at radius 1 is 0.923 bits per heavy atom. The van der Waals surface area contributed by atoms with Crippen LogP contribution in [-0.4, -0.2) is 58.1 Å². The number of rotatable bonds is 6. The summed E-state index contributed by atoms with van der Waals surface area (Å²) in [4.78, 5) is 29.9. The number of hydrogen-bond donors (Lipinski definition) is 3. The number of hydrogen-bond acceptors (Lipinski definition) is 5. The lowest BCUT2D eigenvalue weighted by atomic mass is 9.83. The molecule has 0 unspecified atom stereocenters. The van der Waals surface area contributed by atoms with Gasteiger partial charge in [0, 0.05) is 21.3 Å². The molecule has 7 nitrogen and oxygen atoms in total. The number of aromatic nitrogens is 1. The molecule has 2 aliphatic heterocycles.